The van der Waals surface area contributed by atoms with Gasteiger partial charge in [-0.15, -0.1) is 0 Å². The molecule has 0 radical (unpaired) electrons. The predicted octanol–water partition coefficient (Wildman–Crippen LogP) is 3.18. The van der Waals surface area contributed by atoms with Gasteiger partial charge in [-0.05, 0) is 37.8 Å². The molecule has 1 aromatic carbocycles. The molecule has 0 heterocycles. The van der Waals surface area contributed by atoms with Crippen LogP contribution in [0.25, 0.3) is 0 Å². The first-order valence-corrected chi connectivity index (χ1v) is 8.07. The van der Waals surface area contributed by atoms with Crippen molar-refractivity contribution < 1.29 is 9.53 Å². The Morgan fingerprint density at radius 1 is 1.29 bits per heavy atom. The lowest BCUT2D eigenvalue weighted by molar-refractivity contribution is 0.0861. The standard InChI is InChI=1S/C18H27NO2/c1-3-4-15-7-9-17(10-8-15)18(20)13-19(2)11-12-21-14-16-5-6-16/h7-10,16H,3-6,11-14H2,1-2H3. The van der Waals surface area contributed by atoms with Crippen molar-refractivity contribution in [2.75, 3.05) is 33.4 Å². The maximum absolute atomic E-state index is 12.2. The number of aryl methyl sites for hydroxylation is 1. The number of ketones is 1. The van der Waals surface area contributed by atoms with Gasteiger partial charge in [0.25, 0.3) is 0 Å². The molecule has 116 valence electrons. The van der Waals surface area contributed by atoms with Crippen LogP contribution in [0.5, 0.6) is 0 Å². The van der Waals surface area contributed by atoms with E-state index in [2.05, 4.69) is 19.1 Å². The molecule has 0 saturated heterocycles. The highest BCUT2D eigenvalue weighted by Gasteiger charge is 2.21. The topological polar surface area (TPSA) is 29.5 Å². The summed E-state index contributed by atoms with van der Waals surface area (Å²) < 4.78 is 5.61. The van der Waals surface area contributed by atoms with Gasteiger partial charge in [0.2, 0.25) is 0 Å². The van der Waals surface area contributed by atoms with Crippen LogP contribution in [0.1, 0.15) is 42.1 Å². The molecule has 0 spiro atoms. The molecule has 0 aliphatic heterocycles. The molecule has 1 aliphatic rings. The Balaban J connectivity index is 1.68. The first-order valence-electron chi connectivity index (χ1n) is 8.07. The molecule has 1 aliphatic carbocycles. The predicted molar refractivity (Wildman–Crippen MR) is 85.8 cm³/mol. The molecule has 3 nitrogen and oxygen atoms in total. The molecule has 0 atom stereocenters. The van der Waals surface area contributed by atoms with E-state index in [0.717, 1.165) is 44.1 Å². The Kier molecular flexibility index (Phi) is 6.40. The number of hydrogen-bond donors (Lipinski definition) is 0. The summed E-state index contributed by atoms with van der Waals surface area (Å²) in [5, 5.41) is 0. The monoisotopic (exact) mass is 289 g/mol. The van der Waals surface area contributed by atoms with E-state index in [-0.39, 0.29) is 5.78 Å². The van der Waals surface area contributed by atoms with E-state index >= 15 is 0 Å². The molecular formula is C18H27NO2. The third kappa shape index (κ3) is 5.98. The van der Waals surface area contributed by atoms with E-state index in [4.69, 9.17) is 4.74 Å². The van der Waals surface area contributed by atoms with Gasteiger partial charge in [0.15, 0.2) is 5.78 Å². The maximum Gasteiger partial charge on any atom is 0.176 e. The minimum absolute atomic E-state index is 0.183. The summed E-state index contributed by atoms with van der Waals surface area (Å²) in [7, 11) is 1.98. The third-order valence-corrected chi connectivity index (χ3v) is 3.90. The Labute approximate surface area is 128 Å². The molecule has 0 unspecified atom stereocenters. The molecule has 0 amide bonds. The lowest BCUT2D eigenvalue weighted by Crippen LogP contribution is -2.29. The number of carbonyl (C=O) groups is 1. The van der Waals surface area contributed by atoms with E-state index in [1.54, 1.807) is 0 Å². The highest BCUT2D eigenvalue weighted by molar-refractivity contribution is 5.97. The normalized spacial score (nSPS) is 14.6. The summed E-state index contributed by atoms with van der Waals surface area (Å²) in [4.78, 5) is 14.2. The van der Waals surface area contributed by atoms with Gasteiger partial charge in [0, 0.05) is 18.7 Å². The summed E-state index contributed by atoms with van der Waals surface area (Å²) in [5.41, 5.74) is 2.11. The highest BCUT2D eigenvalue weighted by atomic mass is 16.5. The molecule has 2 rings (SSSR count). The van der Waals surface area contributed by atoms with E-state index in [1.165, 1.54) is 18.4 Å². The Morgan fingerprint density at radius 3 is 2.62 bits per heavy atom. The molecule has 21 heavy (non-hydrogen) atoms. The van der Waals surface area contributed by atoms with Gasteiger partial charge in [0.1, 0.15) is 0 Å². The molecule has 0 bridgehead atoms. The van der Waals surface area contributed by atoms with Gasteiger partial charge in [-0.25, -0.2) is 0 Å². The van der Waals surface area contributed by atoms with Crippen LogP contribution in [0.3, 0.4) is 0 Å². The van der Waals surface area contributed by atoms with Crippen LogP contribution in [0.15, 0.2) is 24.3 Å². The average Bonchev–Trinajstić information content (AvgIpc) is 3.29. The van der Waals surface area contributed by atoms with E-state index in [1.807, 2.05) is 24.1 Å². The van der Waals surface area contributed by atoms with E-state index in [9.17, 15) is 4.79 Å². The first kappa shape index (κ1) is 16.2. The summed E-state index contributed by atoms with van der Waals surface area (Å²) in [5.74, 6) is 0.987. The summed E-state index contributed by atoms with van der Waals surface area (Å²) in [6, 6.07) is 8.03. The molecule has 1 aromatic rings. The zero-order valence-electron chi connectivity index (χ0n) is 13.3. The molecule has 1 fully saturated rings. The fourth-order valence-corrected chi connectivity index (χ4v) is 2.32. The van der Waals surface area contributed by atoms with Crippen LogP contribution in [-0.4, -0.2) is 44.0 Å². The number of ether oxygens (including phenoxy) is 1. The van der Waals surface area contributed by atoms with Gasteiger partial charge < -0.3 is 4.74 Å². The number of nitrogens with zero attached hydrogens (tertiary/aromatic N) is 1. The fraction of sp³-hybridized carbons (Fsp3) is 0.611. The lowest BCUT2D eigenvalue weighted by atomic mass is 10.1. The van der Waals surface area contributed by atoms with Gasteiger partial charge in [-0.2, -0.15) is 0 Å². The van der Waals surface area contributed by atoms with Crippen molar-refractivity contribution in [3.63, 3.8) is 0 Å². The SMILES string of the molecule is CCCc1ccc(C(=O)CN(C)CCOCC2CC2)cc1. The largest absolute Gasteiger partial charge is 0.380 e. The van der Waals surface area contributed by atoms with Crippen LogP contribution in [0, 0.1) is 5.92 Å². The van der Waals surface area contributed by atoms with Crippen molar-refractivity contribution in [1.82, 2.24) is 4.90 Å². The minimum atomic E-state index is 0.183. The average molecular weight is 289 g/mol. The molecular weight excluding hydrogens is 262 g/mol. The molecule has 0 aromatic heterocycles. The van der Waals surface area contributed by atoms with Crippen LogP contribution in [0.2, 0.25) is 0 Å². The zero-order valence-corrected chi connectivity index (χ0v) is 13.3. The second kappa shape index (κ2) is 8.30. The number of Topliss-reactive ketones (excluding diaryl/α,β-unsaturated/α-hetero) is 1. The number of rotatable bonds is 10. The van der Waals surface area contributed by atoms with Crippen molar-refractivity contribution in [1.29, 1.82) is 0 Å². The molecule has 1 saturated carbocycles. The van der Waals surface area contributed by atoms with Crippen molar-refractivity contribution in [3.05, 3.63) is 35.4 Å². The van der Waals surface area contributed by atoms with Crippen LogP contribution < -0.4 is 0 Å². The van der Waals surface area contributed by atoms with E-state index < -0.39 is 0 Å². The number of likely N-dealkylation sites (N-methyl/N-ethyl adjacent to an activating group) is 1. The fourth-order valence-electron chi connectivity index (χ4n) is 2.32. The van der Waals surface area contributed by atoms with E-state index in [0.29, 0.717) is 6.54 Å². The summed E-state index contributed by atoms with van der Waals surface area (Å²) in [6.45, 7) is 5.04. The minimum Gasteiger partial charge on any atom is -0.380 e. The first-order chi connectivity index (χ1) is 10.2. The van der Waals surface area contributed by atoms with Gasteiger partial charge in [0.05, 0.1) is 13.2 Å². The van der Waals surface area contributed by atoms with Crippen LogP contribution >= 0.6 is 0 Å². The Morgan fingerprint density at radius 2 is 2.00 bits per heavy atom. The van der Waals surface area contributed by atoms with Crippen molar-refractivity contribution >= 4 is 5.78 Å². The lowest BCUT2D eigenvalue weighted by Gasteiger charge is -2.15. The molecule has 3 heteroatoms. The van der Waals surface area contributed by atoms with Crippen LogP contribution in [0.4, 0.5) is 0 Å². The van der Waals surface area contributed by atoms with Crippen molar-refractivity contribution in [3.8, 4) is 0 Å². The maximum atomic E-state index is 12.2. The van der Waals surface area contributed by atoms with Gasteiger partial charge >= 0.3 is 0 Å². The van der Waals surface area contributed by atoms with Crippen LogP contribution in [-0.2, 0) is 11.2 Å². The Hall–Kier alpha value is -1.19. The third-order valence-electron chi connectivity index (χ3n) is 3.90. The summed E-state index contributed by atoms with van der Waals surface area (Å²) >= 11 is 0. The smallest absolute Gasteiger partial charge is 0.176 e. The number of benzene rings is 1. The quantitative estimate of drug-likeness (QED) is 0.489. The number of carbonyl (C=O) groups excluding carboxylic acids is 1. The van der Waals surface area contributed by atoms with Gasteiger partial charge in [-0.1, -0.05) is 37.6 Å². The van der Waals surface area contributed by atoms with Crippen molar-refractivity contribution in [2.45, 2.75) is 32.6 Å². The molecule has 0 N–H and O–H groups in total. The zero-order chi connectivity index (χ0) is 15.1. The second-order valence-electron chi connectivity index (χ2n) is 6.13. The van der Waals surface area contributed by atoms with Crippen molar-refractivity contribution in [2.24, 2.45) is 5.92 Å². The number of hydrogen-bond acceptors (Lipinski definition) is 3. The Bertz CT molecular complexity index is 437. The summed E-state index contributed by atoms with van der Waals surface area (Å²) in [6.07, 6.45) is 4.86. The van der Waals surface area contributed by atoms with Gasteiger partial charge in [-0.3, -0.25) is 9.69 Å². The second-order valence-corrected chi connectivity index (χ2v) is 6.13. The highest BCUT2D eigenvalue weighted by Crippen LogP contribution is 2.28.